The number of allylic oxidation sites excluding steroid dienone is 2. The van der Waals surface area contributed by atoms with Crippen LogP contribution in [0.25, 0.3) is 0 Å². The Labute approximate surface area is 162 Å². The summed E-state index contributed by atoms with van der Waals surface area (Å²) < 4.78 is 7.87. The number of aromatic nitrogens is 2. The fraction of sp³-hybridized carbons (Fsp3) is 0.250. The summed E-state index contributed by atoms with van der Waals surface area (Å²) in [5, 5.41) is 0.487. The van der Waals surface area contributed by atoms with E-state index in [0.29, 0.717) is 20.9 Å². The third kappa shape index (κ3) is 3.22. The highest BCUT2D eigenvalue weighted by atomic mass is 35.5. The Balaban J connectivity index is 2.12. The average Bonchev–Trinajstić information content (AvgIpc) is 3.19. The Hall–Kier alpha value is -1.38. The summed E-state index contributed by atoms with van der Waals surface area (Å²) in [7, 11) is 0. The molecule has 1 aliphatic rings. The van der Waals surface area contributed by atoms with Crippen LogP contribution < -0.4 is 5.73 Å². The molecule has 1 aliphatic carbocycles. The van der Waals surface area contributed by atoms with Gasteiger partial charge in [-0.1, -0.05) is 35.4 Å². The number of halogens is 2. The van der Waals surface area contributed by atoms with Crippen molar-refractivity contribution < 1.29 is 9.59 Å². The lowest BCUT2D eigenvalue weighted by molar-refractivity contribution is 0.0866. The van der Waals surface area contributed by atoms with Crippen LogP contribution in [0.15, 0.2) is 35.4 Å². The van der Waals surface area contributed by atoms with Crippen LogP contribution in [0, 0.1) is 5.41 Å². The summed E-state index contributed by atoms with van der Waals surface area (Å²) in [5.41, 5.74) is 5.90. The van der Waals surface area contributed by atoms with Gasteiger partial charge in [0, 0.05) is 11.6 Å². The summed E-state index contributed by atoms with van der Waals surface area (Å²) in [5.74, 6) is -0.550. The van der Waals surface area contributed by atoms with Crippen molar-refractivity contribution in [3.8, 4) is 0 Å². The quantitative estimate of drug-likeness (QED) is 0.599. The van der Waals surface area contributed by atoms with Crippen molar-refractivity contribution >= 4 is 57.8 Å². The maximum absolute atomic E-state index is 13.1. The molecule has 2 aromatic rings. The van der Waals surface area contributed by atoms with E-state index in [9.17, 15) is 9.59 Å². The molecule has 0 saturated heterocycles. The second-order valence-electron chi connectivity index (χ2n) is 5.83. The van der Waals surface area contributed by atoms with Crippen LogP contribution in [0.4, 0.5) is 0 Å². The fourth-order valence-corrected chi connectivity index (χ4v) is 4.64. The molecule has 2 aromatic heterocycles. The molecule has 0 spiro atoms. The highest BCUT2D eigenvalue weighted by Crippen LogP contribution is 2.42. The first-order valence-corrected chi connectivity index (χ1v) is 9.54. The van der Waals surface area contributed by atoms with Crippen LogP contribution in [-0.2, 0) is 0 Å². The molecule has 2 atom stereocenters. The topological polar surface area (TPSA) is 85.9 Å². The number of carbonyl (C=O) groups excluding carboxylic acids is 2. The molecule has 9 heteroatoms. The Kier molecular flexibility index (Phi) is 4.96. The minimum absolute atomic E-state index is 0.240. The van der Waals surface area contributed by atoms with Crippen molar-refractivity contribution in [2.45, 2.75) is 19.9 Å². The predicted molar refractivity (Wildman–Crippen MR) is 101 cm³/mol. The van der Waals surface area contributed by atoms with E-state index in [0.717, 1.165) is 23.1 Å². The Morgan fingerprint density at radius 1 is 1.16 bits per heavy atom. The van der Waals surface area contributed by atoms with Crippen LogP contribution in [0.3, 0.4) is 0 Å². The molecule has 2 heterocycles. The molecule has 0 aromatic carbocycles. The minimum Gasteiger partial charge on any atom is -0.321 e. The molecule has 5 nitrogen and oxygen atoms in total. The van der Waals surface area contributed by atoms with Gasteiger partial charge in [-0.2, -0.15) is 8.75 Å². The maximum Gasteiger partial charge on any atom is 0.201 e. The molecule has 0 bridgehead atoms. The van der Waals surface area contributed by atoms with E-state index >= 15 is 0 Å². The second kappa shape index (κ2) is 6.74. The summed E-state index contributed by atoms with van der Waals surface area (Å²) in [6.45, 7) is 3.46. The molecule has 25 heavy (non-hydrogen) atoms. The monoisotopic (exact) mass is 413 g/mol. The van der Waals surface area contributed by atoms with Crippen molar-refractivity contribution in [2.75, 3.05) is 0 Å². The number of nitrogens with two attached hydrogens (primary N) is 1. The van der Waals surface area contributed by atoms with Crippen molar-refractivity contribution in [1.82, 2.24) is 8.75 Å². The zero-order valence-electron chi connectivity index (χ0n) is 13.2. The third-order valence-electron chi connectivity index (χ3n) is 4.16. The molecule has 0 aliphatic heterocycles. The summed E-state index contributed by atoms with van der Waals surface area (Å²) in [6.07, 6.45) is 3.41. The van der Waals surface area contributed by atoms with Gasteiger partial charge in [-0.25, -0.2) is 0 Å². The first-order valence-electron chi connectivity index (χ1n) is 7.24. The lowest BCUT2D eigenvalue weighted by Crippen LogP contribution is -2.38. The highest BCUT2D eigenvalue weighted by Gasteiger charge is 2.44. The van der Waals surface area contributed by atoms with E-state index < -0.39 is 11.5 Å². The van der Waals surface area contributed by atoms with E-state index in [1.165, 1.54) is 12.1 Å². The third-order valence-corrected chi connectivity index (χ3v) is 6.32. The van der Waals surface area contributed by atoms with Crippen molar-refractivity contribution in [2.24, 2.45) is 11.1 Å². The molecule has 0 saturated carbocycles. The molecule has 2 unspecified atom stereocenters. The zero-order valence-corrected chi connectivity index (χ0v) is 16.4. The van der Waals surface area contributed by atoms with E-state index in [4.69, 9.17) is 28.9 Å². The van der Waals surface area contributed by atoms with Gasteiger partial charge in [0.25, 0.3) is 0 Å². The van der Waals surface area contributed by atoms with Gasteiger partial charge in [-0.05, 0) is 54.6 Å². The van der Waals surface area contributed by atoms with E-state index in [1.807, 2.05) is 0 Å². The Bertz CT molecular complexity index is 931. The van der Waals surface area contributed by atoms with Gasteiger partial charge in [0.05, 0.1) is 15.2 Å². The minimum atomic E-state index is -1.16. The molecule has 3 rings (SSSR count). The number of hydrogen-bond donors (Lipinski definition) is 1. The largest absolute Gasteiger partial charge is 0.321 e. The number of Topliss-reactive ketones (excluding diaryl/α,β-unsaturated/α-hetero) is 2. The fourth-order valence-electron chi connectivity index (χ4n) is 2.80. The SMILES string of the molecule is CC1=C(C(=O)c2cc(Cl)ns2)C(C)(C(=O)c2cc(Cl)ns2)C=CC1N. The predicted octanol–water partition coefficient (Wildman–Crippen LogP) is 4.19. The van der Waals surface area contributed by atoms with Crippen molar-refractivity contribution in [1.29, 1.82) is 0 Å². The van der Waals surface area contributed by atoms with Crippen LogP contribution in [0.2, 0.25) is 10.3 Å². The van der Waals surface area contributed by atoms with Crippen LogP contribution >= 0.6 is 46.3 Å². The van der Waals surface area contributed by atoms with E-state index in [-0.39, 0.29) is 21.9 Å². The van der Waals surface area contributed by atoms with Crippen LogP contribution in [0.5, 0.6) is 0 Å². The molecular formula is C16H13Cl2N3O2S2. The second-order valence-corrected chi connectivity index (χ2v) is 8.22. The van der Waals surface area contributed by atoms with E-state index in [2.05, 4.69) is 8.75 Å². The lowest BCUT2D eigenvalue weighted by atomic mass is 9.69. The Morgan fingerprint density at radius 2 is 1.72 bits per heavy atom. The van der Waals surface area contributed by atoms with Gasteiger partial charge in [0.15, 0.2) is 5.78 Å². The first-order chi connectivity index (χ1) is 11.7. The van der Waals surface area contributed by atoms with Gasteiger partial charge in [-0.15, -0.1) is 0 Å². The van der Waals surface area contributed by atoms with E-state index in [1.54, 1.807) is 26.0 Å². The van der Waals surface area contributed by atoms with Gasteiger partial charge in [0.2, 0.25) is 5.78 Å². The van der Waals surface area contributed by atoms with Gasteiger partial charge >= 0.3 is 0 Å². The lowest BCUT2D eigenvalue weighted by Gasteiger charge is -2.33. The summed E-state index contributed by atoms with van der Waals surface area (Å²) >= 11 is 13.7. The van der Waals surface area contributed by atoms with Crippen molar-refractivity contribution in [3.05, 3.63) is 55.5 Å². The number of rotatable bonds is 4. The molecule has 130 valence electrons. The smallest absolute Gasteiger partial charge is 0.201 e. The van der Waals surface area contributed by atoms with Gasteiger partial charge in [-0.3, -0.25) is 9.59 Å². The molecule has 0 amide bonds. The molecular weight excluding hydrogens is 401 g/mol. The zero-order chi connectivity index (χ0) is 18.4. The summed E-state index contributed by atoms with van der Waals surface area (Å²) in [6, 6.07) is 2.56. The van der Waals surface area contributed by atoms with Gasteiger partial charge in [0.1, 0.15) is 10.3 Å². The number of ketones is 2. The summed E-state index contributed by atoms with van der Waals surface area (Å²) in [4.78, 5) is 27.0. The number of hydrogen-bond acceptors (Lipinski definition) is 7. The normalized spacial score (nSPS) is 23.2. The Morgan fingerprint density at radius 3 is 2.24 bits per heavy atom. The standard InChI is InChI=1S/C16H13Cl2N3O2S2/c1-7-8(19)3-4-16(2,15(23)10-6-12(18)21-25-10)13(7)14(22)9-5-11(17)20-24-9/h3-6,8H,19H2,1-2H3. The molecule has 2 N–H and O–H groups in total. The van der Waals surface area contributed by atoms with Crippen LogP contribution in [0.1, 0.15) is 33.2 Å². The molecule has 0 radical (unpaired) electrons. The average molecular weight is 414 g/mol. The van der Waals surface area contributed by atoms with Gasteiger partial charge < -0.3 is 5.73 Å². The van der Waals surface area contributed by atoms with Crippen LogP contribution in [-0.4, -0.2) is 26.4 Å². The van der Waals surface area contributed by atoms with Crippen molar-refractivity contribution in [3.63, 3.8) is 0 Å². The maximum atomic E-state index is 13.1. The molecule has 0 fully saturated rings. The number of nitrogens with zero attached hydrogens (tertiary/aromatic N) is 2. The first kappa shape index (κ1) is 18.4. The highest BCUT2D eigenvalue weighted by molar-refractivity contribution is 7.09. The number of carbonyl (C=O) groups is 2.